The van der Waals surface area contributed by atoms with Crippen LogP contribution in [0.2, 0.25) is 0 Å². The molecule has 100 valence electrons. The number of carboxylic acid groups (broad SMARTS) is 1. The molecule has 18 heavy (non-hydrogen) atoms. The fourth-order valence-electron chi connectivity index (χ4n) is 1.49. The van der Waals surface area contributed by atoms with E-state index >= 15 is 0 Å². The Morgan fingerprint density at radius 2 is 1.83 bits per heavy atom. The van der Waals surface area contributed by atoms with Crippen molar-refractivity contribution in [2.24, 2.45) is 11.8 Å². The second kappa shape index (κ2) is 5.97. The number of nitrogens with one attached hydrogen (secondary N) is 1. The molecule has 1 aromatic rings. The molecule has 2 N–H and O–H groups in total. The molecule has 1 rings (SSSR count). The number of sulfonamides is 1. The largest absolute Gasteiger partial charge is 0.481 e. The molecule has 0 radical (unpaired) electrons. The minimum Gasteiger partial charge on any atom is -0.481 e. The molecule has 0 aliphatic rings. The highest BCUT2D eigenvalue weighted by atomic mass is 32.2. The zero-order valence-corrected chi connectivity index (χ0v) is 11.1. The van der Waals surface area contributed by atoms with E-state index in [4.69, 9.17) is 5.11 Å². The lowest BCUT2D eigenvalue weighted by Crippen LogP contribution is -2.35. The van der Waals surface area contributed by atoms with Gasteiger partial charge in [0, 0.05) is 6.54 Å². The van der Waals surface area contributed by atoms with Gasteiger partial charge in [-0.1, -0.05) is 32.0 Å². The Morgan fingerprint density at radius 3 is 2.28 bits per heavy atom. The summed E-state index contributed by atoms with van der Waals surface area (Å²) in [7, 11) is -3.64. The predicted molar refractivity (Wildman–Crippen MR) is 67.6 cm³/mol. The van der Waals surface area contributed by atoms with Crippen molar-refractivity contribution >= 4 is 16.0 Å². The molecule has 0 aromatic heterocycles. The van der Waals surface area contributed by atoms with Crippen molar-refractivity contribution in [1.29, 1.82) is 0 Å². The smallest absolute Gasteiger partial charge is 0.308 e. The summed E-state index contributed by atoms with van der Waals surface area (Å²) >= 11 is 0. The third-order valence-corrected chi connectivity index (χ3v) is 4.11. The number of hydrogen-bond donors (Lipinski definition) is 2. The number of aliphatic carboxylic acids is 1. The number of benzene rings is 1. The lowest BCUT2D eigenvalue weighted by atomic mass is 9.97. The maximum atomic E-state index is 11.9. The Morgan fingerprint density at radius 1 is 1.28 bits per heavy atom. The highest BCUT2D eigenvalue weighted by Crippen LogP contribution is 2.12. The van der Waals surface area contributed by atoms with Crippen LogP contribution in [0, 0.1) is 11.8 Å². The molecule has 0 saturated carbocycles. The SMILES string of the molecule is CC(C)C(CNS(=O)(=O)c1ccccc1)C(=O)O. The Balaban J connectivity index is 2.76. The molecule has 0 heterocycles. The average molecular weight is 271 g/mol. The van der Waals surface area contributed by atoms with Gasteiger partial charge in [0.2, 0.25) is 10.0 Å². The first kappa shape index (κ1) is 14.7. The third kappa shape index (κ3) is 3.82. The molecule has 0 spiro atoms. The summed E-state index contributed by atoms with van der Waals surface area (Å²) in [6.45, 7) is 3.38. The first-order chi connectivity index (χ1) is 8.34. The van der Waals surface area contributed by atoms with Crippen molar-refractivity contribution in [1.82, 2.24) is 4.72 Å². The Kier molecular flexibility index (Phi) is 4.86. The highest BCUT2D eigenvalue weighted by Gasteiger charge is 2.24. The minimum absolute atomic E-state index is 0.107. The Labute approximate surface area is 107 Å². The summed E-state index contributed by atoms with van der Waals surface area (Å²) in [4.78, 5) is 11.1. The molecule has 1 unspecified atom stereocenters. The van der Waals surface area contributed by atoms with Gasteiger partial charge in [0.25, 0.3) is 0 Å². The van der Waals surface area contributed by atoms with Crippen molar-refractivity contribution in [3.05, 3.63) is 30.3 Å². The van der Waals surface area contributed by atoms with E-state index in [9.17, 15) is 13.2 Å². The zero-order valence-electron chi connectivity index (χ0n) is 10.3. The van der Waals surface area contributed by atoms with Crippen LogP contribution < -0.4 is 4.72 Å². The second-order valence-electron chi connectivity index (χ2n) is 4.35. The molecular formula is C12H17NO4S. The molecule has 1 atom stereocenters. The normalized spacial score (nSPS) is 13.5. The van der Waals surface area contributed by atoms with E-state index in [1.807, 2.05) is 0 Å². The van der Waals surface area contributed by atoms with Crippen molar-refractivity contribution in [2.75, 3.05) is 6.54 Å². The van der Waals surface area contributed by atoms with Gasteiger partial charge in [0.1, 0.15) is 0 Å². The monoisotopic (exact) mass is 271 g/mol. The van der Waals surface area contributed by atoms with Gasteiger partial charge in [-0.25, -0.2) is 13.1 Å². The fourth-order valence-corrected chi connectivity index (χ4v) is 2.57. The summed E-state index contributed by atoms with van der Waals surface area (Å²) in [6.07, 6.45) is 0. The van der Waals surface area contributed by atoms with E-state index in [1.165, 1.54) is 12.1 Å². The molecule has 0 aliphatic heterocycles. The first-order valence-corrected chi connectivity index (χ1v) is 7.10. The molecule has 6 heteroatoms. The molecule has 0 aliphatic carbocycles. The first-order valence-electron chi connectivity index (χ1n) is 5.62. The van der Waals surface area contributed by atoms with Crippen LogP contribution in [0.15, 0.2) is 35.2 Å². The minimum atomic E-state index is -3.64. The van der Waals surface area contributed by atoms with E-state index in [0.29, 0.717) is 0 Å². The van der Waals surface area contributed by atoms with E-state index in [0.717, 1.165) is 0 Å². The van der Waals surface area contributed by atoms with Crippen LogP contribution in [0.3, 0.4) is 0 Å². The number of hydrogen-bond acceptors (Lipinski definition) is 3. The molecule has 0 amide bonds. The fraction of sp³-hybridized carbons (Fsp3) is 0.417. The van der Waals surface area contributed by atoms with Crippen LogP contribution in [-0.2, 0) is 14.8 Å². The van der Waals surface area contributed by atoms with Crippen LogP contribution >= 0.6 is 0 Å². The van der Waals surface area contributed by atoms with Gasteiger partial charge >= 0.3 is 5.97 Å². The van der Waals surface area contributed by atoms with E-state index in [2.05, 4.69) is 4.72 Å². The predicted octanol–water partition coefficient (Wildman–Crippen LogP) is 1.32. The molecule has 0 fully saturated rings. The maximum Gasteiger partial charge on any atom is 0.308 e. The second-order valence-corrected chi connectivity index (χ2v) is 6.12. The standard InChI is InChI=1S/C12H17NO4S/c1-9(2)11(12(14)15)8-13-18(16,17)10-6-4-3-5-7-10/h3-7,9,11,13H,8H2,1-2H3,(H,14,15). The highest BCUT2D eigenvalue weighted by molar-refractivity contribution is 7.89. The lowest BCUT2D eigenvalue weighted by molar-refractivity contribution is -0.142. The van der Waals surface area contributed by atoms with Crippen LogP contribution in [0.25, 0.3) is 0 Å². The molecule has 0 bridgehead atoms. The molecular weight excluding hydrogens is 254 g/mol. The Hall–Kier alpha value is -1.40. The van der Waals surface area contributed by atoms with Gasteiger partial charge < -0.3 is 5.11 Å². The van der Waals surface area contributed by atoms with Gasteiger partial charge in [0.15, 0.2) is 0 Å². The summed E-state index contributed by atoms with van der Waals surface area (Å²) in [5.41, 5.74) is 0. The van der Waals surface area contributed by atoms with E-state index < -0.39 is 21.9 Å². The van der Waals surface area contributed by atoms with Crippen LogP contribution in [0.5, 0.6) is 0 Å². The number of rotatable bonds is 6. The quantitative estimate of drug-likeness (QED) is 0.817. The van der Waals surface area contributed by atoms with Gasteiger partial charge in [-0.15, -0.1) is 0 Å². The van der Waals surface area contributed by atoms with Crippen molar-refractivity contribution in [2.45, 2.75) is 18.7 Å². The topological polar surface area (TPSA) is 83.5 Å². The Bertz CT molecular complexity index is 496. The number of carboxylic acids is 1. The molecule has 1 aromatic carbocycles. The van der Waals surface area contributed by atoms with Gasteiger partial charge in [0.05, 0.1) is 10.8 Å². The van der Waals surface area contributed by atoms with Gasteiger partial charge in [-0.3, -0.25) is 4.79 Å². The van der Waals surface area contributed by atoms with Crippen molar-refractivity contribution < 1.29 is 18.3 Å². The maximum absolute atomic E-state index is 11.9. The van der Waals surface area contributed by atoms with Crippen LogP contribution in [-0.4, -0.2) is 26.0 Å². The van der Waals surface area contributed by atoms with Crippen LogP contribution in [0.4, 0.5) is 0 Å². The van der Waals surface area contributed by atoms with E-state index in [-0.39, 0.29) is 17.4 Å². The summed E-state index contributed by atoms with van der Waals surface area (Å²) in [5, 5.41) is 8.98. The molecule has 5 nitrogen and oxygen atoms in total. The molecule has 0 saturated heterocycles. The summed E-state index contributed by atoms with van der Waals surface area (Å²) < 4.78 is 26.1. The van der Waals surface area contributed by atoms with E-state index in [1.54, 1.807) is 32.0 Å². The third-order valence-electron chi connectivity index (χ3n) is 2.67. The summed E-state index contributed by atoms with van der Waals surface area (Å²) in [6, 6.07) is 7.88. The van der Waals surface area contributed by atoms with Gasteiger partial charge in [-0.05, 0) is 18.1 Å². The zero-order chi connectivity index (χ0) is 13.8. The number of carbonyl (C=O) groups is 1. The lowest BCUT2D eigenvalue weighted by Gasteiger charge is -2.16. The summed E-state index contributed by atoms with van der Waals surface area (Å²) in [5.74, 6) is -1.87. The van der Waals surface area contributed by atoms with Crippen molar-refractivity contribution in [3.8, 4) is 0 Å². The van der Waals surface area contributed by atoms with Crippen LogP contribution in [0.1, 0.15) is 13.8 Å². The van der Waals surface area contributed by atoms with Gasteiger partial charge in [-0.2, -0.15) is 0 Å². The van der Waals surface area contributed by atoms with Crippen molar-refractivity contribution in [3.63, 3.8) is 0 Å². The average Bonchev–Trinajstić information content (AvgIpc) is 2.29.